The van der Waals surface area contributed by atoms with Crippen LogP contribution in [0.1, 0.15) is 51.9 Å². The van der Waals surface area contributed by atoms with Crippen molar-refractivity contribution in [2.75, 3.05) is 19.8 Å². The van der Waals surface area contributed by atoms with Crippen LogP contribution >= 0.6 is 0 Å². The summed E-state index contributed by atoms with van der Waals surface area (Å²) in [5.41, 5.74) is 0. The number of rotatable bonds is 12. The fourth-order valence-electron chi connectivity index (χ4n) is 1.35. The lowest BCUT2D eigenvalue weighted by Gasteiger charge is -2.03. The lowest BCUT2D eigenvalue weighted by atomic mass is 10.2. The largest absolute Gasteiger partial charge is 0.468 e. The van der Waals surface area contributed by atoms with E-state index in [-0.39, 0.29) is 0 Å². The molecular weight excluding hydrogens is 192 g/mol. The Morgan fingerprint density at radius 2 is 1.47 bits per heavy atom. The van der Waals surface area contributed by atoms with E-state index in [0.717, 1.165) is 32.5 Å². The van der Waals surface area contributed by atoms with Gasteiger partial charge in [0.25, 0.3) is 6.47 Å². The van der Waals surface area contributed by atoms with Crippen LogP contribution in [0.25, 0.3) is 0 Å². The van der Waals surface area contributed by atoms with Gasteiger partial charge in [0.15, 0.2) is 0 Å². The molecule has 0 fully saturated rings. The quantitative estimate of drug-likeness (QED) is 0.371. The fourth-order valence-corrected chi connectivity index (χ4v) is 1.35. The van der Waals surface area contributed by atoms with Crippen molar-refractivity contribution in [2.45, 2.75) is 51.9 Å². The van der Waals surface area contributed by atoms with Crippen LogP contribution in [0, 0.1) is 0 Å². The molecule has 0 saturated carbocycles. The van der Waals surface area contributed by atoms with Gasteiger partial charge in [-0.25, -0.2) is 0 Å². The molecule has 0 heterocycles. The molecule has 90 valence electrons. The second kappa shape index (κ2) is 13.4. The van der Waals surface area contributed by atoms with Crippen LogP contribution in [-0.4, -0.2) is 26.3 Å². The molecule has 0 aromatic heterocycles. The summed E-state index contributed by atoms with van der Waals surface area (Å²) in [7, 11) is 0. The average molecular weight is 216 g/mol. The van der Waals surface area contributed by atoms with Crippen LogP contribution in [0.3, 0.4) is 0 Å². The maximum Gasteiger partial charge on any atom is 0.293 e. The third-order valence-electron chi connectivity index (χ3n) is 2.26. The highest BCUT2D eigenvalue weighted by Crippen LogP contribution is 2.00. The summed E-state index contributed by atoms with van der Waals surface area (Å²) in [5, 5.41) is 0. The third kappa shape index (κ3) is 13.4. The summed E-state index contributed by atoms with van der Waals surface area (Å²) in [4.78, 5) is 9.82. The van der Waals surface area contributed by atoms with Crippen molar-refractivity contribution in [3.8, 4) is 0 Å². The van der Waals surface area contributed by atoms with Crippen molar-refractivity contribution in [3.05, 3.63) is 0 Å². The van der Waals surface area contributed by atoms with Crippen LogP contribution in [0.15, 0.2) is 0 Å². The minimum absolute atomic E-state index is 0.504. The molecule has 0 N–H and O–H groups in total. The molecule has 0 saturated heterocycles. The van der Waals surface area contributed by atoms with E-state index in [1.165, 1.54) is 25.7 Å². The van der Waals surface area contributed by atoms with E-state index < -0.39 is 0 Å². The predicted octanol–water partition coefficient (Wildman–Crippen LogP) is 2.93. The summed E-state index contributed by atoms with van der Waals surface area (Å²) in [6.45, 7) is 4.99. The highest BCUT2D eigenvalue weighted by molar-refractivity contribution is 5.36. The zero-order valence-corrected chi connectivity index (χ0v) is 9.87. The molecule has 0 aliphatic carbocycles. The molecule has 3 heteroatoms. The predicted molar refractivity (Wildman–Crippen MR) is 60.8 cm³/mol. The van der Waals surface area contributed by atoms with Gasteiger partial charge in [0.05, 0.1) is 6.61 Å². The molecule has 0 aromatic carbocycles. The van der Waals surface area contributed by atoms with Crippen molar-refractivity contribution in [1.29, 1.82) is 0 Å². The zero-order valence-electron chi connectivity index (χ0n) is 9.87. The topological polar surface area (TPSA) is 35.5 Å². The van der Waals surface area contributed by atoms with Gasteiger partial charge in [-0.05, 0) is 25.7 Å². The van der Waals surface area contributed by atoms with Gasteiger partial charge in [0.1, 0.15) is 0 Å². The van der Waals surface area contributed by atoms with Gasteiger partial charge in [-0.1, -0.05) is 26.2 Å². The normalized spacial score (nSPS) is 10.2. The smallest absolute Gasteiger partial charge is 0.293 e. The summed E-state index contributed by atoms with van der Waals surface area (Å²) in [6.07, 6.45) is 8.13. The minimum Gasteiger partial charge on any atom is -0.468 e. The Kier molecular flexibility index (Phi) is 12.9. The number of carbonyl (C=O) groups excluding carboxylic acids is 1. The number of hydrogen-bond donors (Lipinski definition) is 0. The first-order valence-electron chi connectivity index (χ1n) is 6.04. The average Bonchev–Trinajstić information content (AvgIpc) is 2.26. The van der Waals surface area contributed by atoms with Gasteiger partial charge in [0.2, 0.25) is 0 Å². The van der Waals surface area contributed by atoms with E-state index in [1.807, 2.05) is 0 Å². The van der Waals surface area contributed by atoms with E-state index in [9.17, 15) is 4.79 Å². The van der Waals surface area contributed by atoms with E-state index in [1.54, 1.807) is 0 Å². The Hall–Kier alpha value is -0.570. The highest BCUT2D eigenvalue weighted by atomic mass is 16.5. The summed E-state index contributed by atoms with van der Waals surface area (Å²) < 4.78 is 10.1. The molecule has 0 aliphatic heterocycles. The van der Waals surface area contributed by atoms with E-state index in [4.69, 9.17) is 4.74 Å². The molecule has 0 atom stereocenters. The number of unbranched alkanes of at least 4 members (excludes halogenated alkanes) is 5. The SMILES string of the molecule is CCCCCCOCCCCCOC=O. The molecule has 0 aromatic rings. The Labute approximate surface area is 93.1 Å². The van der Waals surface area contributed by atoms with Crippen LogP contribution in [0.5, 0.6) is 0 Å². The van der Waals surface area contributed by atoms with Crippen molar-refractivity contribution in [2.24, 2.45) is 0 Å². The van der Waals surface area contributed by atoms with Gasteiger partial charge in [-0.15, -0.1) is 0 Å². The maximum absolute atomic E-state index is 9.82. The summed E-state index contributed by atoms with van der Waals surface area (Å²) in [5.74, 6) is 0. The molecular formula is C12H24O3. The van der Waals surface area contributed by atoms with Gasteiger partial charge < -0.3 is 9.47 Å². The Morgan fingerprint density at radius 1 is 0.867 bits per heavy atom. The lowest BCUT2D eigenvalue weighted by Crippen LogP contribution is -1.98. The minimum atomic E-state index is 0.504. The lowest BCUT2D eigenvalue weighted by molar-refractivity contribution is -0.128. The van der Waals surface area contributed by atoms with Crippen LogP contribution in [0.4, 0.5) is 0 Å². The highest BCUT2D eigenvalue weighted by Gasteiger charge is 1.91. The molecule has 3 nitrogen and oxygen atoms in total. The van der Waals surface area contributed by atoms with Gasteiger partial charge in [-0.2, -0.15) is 0 Å². The van der Waals surface area contributed by atoms with Crippen LogP contribution in [-0.2, 0) is 14.3 Å². The molecule has 0 unspecified atom stereocenters. The molecule has 0 spiro atoms. The monoisotopic (exact) mass is 216 g/mol. The Balaban J connectivity index is 2.83. The van der Waals surface area contributed by atoms with E-state index in [2.05, 4.69) is 11.7 Å². The second-order valence-corrected chi connectivity index (χ2v) is 3.70. The number of ether oxygens (including phenoxy) is 2. The molecule has 0 aliphatic rings. The summed E-state index contributed by atoms with van der Waals surface area (Å²) in [6, 6.07) is 0. The van der Waals surface area contributed by atoms with Crippen LogP contribution < -0.4 is 0 Å². The van der Waals surface area contributed by atoms with Gasteiger partial charge >= 0.3 is 0 Å². The maximum atomic E-state index is 9.82. The van der Waals surface area contributed by atoms with Crippen molar-refractivity contribution < 1.29 is 14.3 Å². The van der Waals surface area contributed by atoms with Crippen molar-refractivity contribution in [1.82, 2.24) is 0 Å². The molecule has 0 amide bonds. The molecule has 0 rings (SSSR count). The first-order valence-corrected chi connectivity index (χ1v) is 6.04. The van der Waals surface area contributed by atoms with E-state index in [0.29, 0.717) is 13.1 Å². The standard InChI is InChI=1S/C12H24O3/c1-2-3-4-6-9-14-10-7-5-8-11-15-12-13/h12H,2-11H2,1H3. The number of carbonyl (C=O) groups is 1. The first-order chi connectivity index (χ1) is 7.41. The van der Waals surface area contributed by atoms with Gasteiger partial charge in [-0.3, -0.25) is 4.79 Å². The number of hydrogen-bond acceptors (Lipinski definition) is 3. The second-order valence-electron chi connectivity index (χ2n) is 3.70. The fraction of sp³-hybridized carbons (Fsp3) is 0.917. The first kappa shape index (κ1) is 14.4. The Bertz CT molecular complexity index is 126. The van der Waals surface area contributed by atoms with E-state index >= 15 is 0 Å². The zero-order chi connectivity index (χ0) is 11.2. The third-order valence-corrected chi connectivity index (χ3v) is 2.26. The summed E-state index contributed by atoms with van der Waals surface area (Å²) >= 11 is 0. The van der Waals surface area contributed by atoms with Crippen molar-refractivity contribution in [3.63, 3.8) is 0 Å². The van der Waals surface area contributed by atoms with Crippen molar-refractivity contribution >= 4 is 6.47 Å². The molecule has 15 heavy (non-hydrogen) atoms. The Morgan fingerprint density at radius 3 is 2.07 bits per heavy atom. The molecule has 0 bridgehead atoms. The van der Waals surface area contributed by atoms with Crippen LogP contribution in [0.2, 0.25) is 0 Å². The van der Waals surface area contributed by atoms with Gasteiger partial charge in [0, 0.05) is 13.2 Å². The molecule has 0 radical (unpaired) electrons.